The third-order valence-electron chi connectivity index (χ3n) is 9.02. The lowest BCUT2D eigenvalue weighted by molar-refractivity contribution is -0.153. The van der Waals surface area contributed by atoms with E-state index in [1.807, 2.05) is 0 Å². The molecule has 0 radical (unpaired) electrons. The average molecular weight is 286 g/mol. The summed E-state index contributed by atoms with van der Waals surface area (Å²) >= 11 is 0. The molecule has 1 spiro atoms. The van der Waals surface area contributed by atoms with E-state index in [4.69, 9.17) is 0 Å². The molecule has 2 heteroatoms. The van der Waals surface area contributed by atoms with Gasteiger partial charge < -0.3 is 0 Å². The molecule has 7 atom stereocenters. The summed E-state index contributed by atoms with van der Waals surface area (Å²) < 4.78 is 0. The van der Waals surface area contributed by atoms with Crippen LogP contribution in [0.25, 0.3) is 0 Å². The molecule has 114 valence electrons. The monoisotopic (exact) mass is 286 g/mol. The molecule has 0 aromatic heterocycles. The zero-order valence-corrected chi connectivity index (χ0v) is 13.3. The van der Waals surface area contributed by atoms with E-state index in [9.17, 15) is 9.59 Å². The highest BCUT2D eigenvalue weighted by Gasteiger charge is 2.77. The Morgan fingerprint density at radius 3 is 2.52 bits per heavy atom. The van der Waals surface area contributed by atoms with Crippen LogP contribution in [0.15, 0.2) is 0 Å². The van der Waals surface area contributed by atoms with Crippen molar-refractivity contribution >= 4 is 11.6 Å². The zero-order chi connectivity index (χ0) is 14.6. The van der Waals surface area contributed by atoms with Gasteiger partial charge >= 0.3 is 0 Å². The Kier molecular flexibility index (Phi) is 2.12. The van der Waals surface area contributed by atoms with Gasteiger partial charge in [-0.1, -0.05) is 13.8 Å². The molecule has 5 fully saturated rings. The maximum Gasteiger partial charge on any atom is 0.140 e. The van der Waals surface area contributed by atoms with Crippen LogP contribution < -0.4 is 0 Å². The number of rotatable bonds is 0. The maximum atomic E-state index is 13.0. The molecule has 21 heavy (non-hydrogen) atoms. The van der Waals surface area contributed by atoms with Crippen molar-refractivity contribution in [3.8, 4) is 0 Å². The molecule has 5 aliphatic carbocycles. The SMILES string of the molecule is C[C@]12CC[C@H]3[C@@H](CC(=O)[C@]45C[C@@H]4CC[C@]35C)[C@@H]1CCC2=O. The van der Waals surface area contributed by atoms with Crippen molar-refractivity contribution in [2.75, 3.05) is 0 Å². The first kappa shape index (κ1) is 12.8. The fourth-order valence-electron chi connectivity index (χ4n) is 7.78. The second kappa shape index (κ2) is 3.46. The Labute approximate surface area is 127 Å². The van der Waals surface area contributed by atoms with E-state index in [2.05, 4.69) is 13.8 Å². The third-order valence-corrected chi connectivity index (χ3v) is 9.02. The van der Waals surface area contributed by atoms with Crippen LogP contribution in [0, 0.1) is 39.9 Å². The normalized spacial score (nSPS) is 61.0. The average Bonchev–Trinajstić information content (AvgIpc) is 3.01. The van der Waals surface area contributed by atoms with Gasteiger partial charge in [0.25, 0.3) is 0 Å². The van der Waals surface area contributed by atoms with E-state index in [1.54, 1.807) is 0 Å². The summed E-state index contributed by atoms with van der Waals surface area (Å²) in [6, 6.07) is 0. The van der Waals surface area contributed by atoms with E-state index in [-0.39, 0.29) is 16.2 Å². The van der Waals surface area contributed by atoms with Crippen LogP contribution in [0.5, 0.6) is 0 Å². The first-order valence-electron chi connectivity index (χ1n) is 9.00. The number of Topliss-reactive ketones (excluding diaryl/α,β-unsaturated/α-hetero) is 2. The van der Waals surface area contributed by atoms with E-state index in [0.717, 1.165) is 31.6 Å². The second-order valence-corrected chi connectivity index (χ2v) is 9.25. The standard InChI is InChI=1S/C19H26O2/c1-17-7-6-14-12(13(17)3-4-15(17)20)9-16(21)19-10-11(19)5-8-18(14,19)2/h11-14H,3-10H2,1-2H3/t11-,12-,13-,14-,17-,18+,19-/m0/s1. The summed E-state index contributed by atoms with van der Waals surface area (Å²) in [5, 5.41) is 0. The zero-order valence-electron chi connectivity index (χ0n) is 13.3. The summed E-state index contributed by atoms with van der Waals surface area (Å²) in [6.07, 6.45) is 8.63. The van der Waals surface area contributed by atoms with E-state index >= 15 is 0 Å². The van der Waals surface area contributed by atoms with Gasteiger partial charge in [0.2, 0.25) is 0 Å². The Hall–Kier alpha value is -0.660. The first-order valence-corrected chi connectivity index (χ1v) is 9.00. The molecular formula is C19H26O2. The summed E-state index contributed by atoms with van der Waals surface area (Å²) in [4.78, 5) is 25.4. The minimum atomic E-state index is -0.0934. The van der Waals surface area contributed by atoms with Crippen LogP contribution in [-0.4, -0.2) is 11.6 Å². The number of fused-ring (bicyclic) bond motifs is 4. The molecule has 0 bridgehead atoms. The predicted octanol–water partition coefficient (Wildman–Crippen LogP) is 3.78. The molecule has 2 nitrogen and oxygen atoms in total. The summed E-state index contributed by atoms with van der Waals surface area (Å²) in [6.45, 7) is 4.64. The summed E-state index contributed by atoms with van der Waals surface area (Å²) in [5.74, 6) is 3.51. The number of carbonyl (C=O) groups is 2. The molecule has 0 unspecified atom stereocenters. The van der Waals surface area contributed by atoms with Crippen molar-refractivity contribution in [1.82, 2.24) is 0 Å². The van der Waals surface area contributed by atoms with Crippen LogP contribution >= 0.6 is 0 Å². The molecule has 0 aromatic carbocycles. The topological polar surface area (TPSA) is 34.1 Å². The Balaban J connectivity index is 1.58. The van der Waals surface area contributed by atoms with Crippen LogP contribution in [0.2, 0.25) is 0 Å². The lowest BCUT2D eigenvalue weighted by atomic mass is 9.46. The summed E-state index contributed by atoms with van der Waals surface area (Å²) in [5.41, 5.74) is 0.263. The van der Waals surface area contributed by atoms with Gasteiger partial charge in [0.05, 0.1) is 0 Å². The van der Waals surface area contributed by atoms with Crippen molar-refractivity contribution in [1.29, 1.82) is 0 Å². The number of ketones is 2. The van der Waals surface area contributed by atoms with Gasteiger partial charge in [-0.3, -0.25) is 9.59 Å². The molecule has 0 aliphatic heterocycles. The van der Waals surface area contributed by atoms with Crippen molar-refractivity contribution in [2.24, 2.45) is 39.9 Å². The van der Waals surface area contributed by atoms with Crippen LogP contribution in [0.4, 0.5) is 0 Å². The number of hydrogen-bond acceptors (Lipinski definition) is 2. The molecule has 0 N–H and O–H groups in total. The second-order valence-electron chi connectivity index (χ2n) is 9.25. The molecule has 0 saturated heterocycles. The first-order chi connectivity index (χ1) is 9.93. The molecule has 0 aromatic rings. The van der Waals surface area contributed by atoms with Gasteiger partial charge in [-0.05, 0) is 67.6 Å². The highest BCUT2D eigenvalue weighted by Crippen LogP contribution is 2.80. The fourth-order valence-corrected chi connectivity index (χ4v) is 7.78. The van der Waals surface area contributed by atoms with Crippen molar-refractivity contribution in [3.05, 3.63) is 0 Å². The lowest BCUT2D eigenvalue weighted by Gasteiger charge is -2.56. The smallest absolute Gasteiger partial charge is 0.140 e. The number of carbonyl (C=O) groups excluding carboxylic acids is 2. The Morgan fingerprint density at radius 1 is 0.952 bits per heavy atom. The molecule has 5 saturated carbocycles. The van der Waals surface area contributed by atoms with E-state index < -0.39 is 0 Å². The highest BCUT2D eigenvalue weighted by molar-refractivity contribution is 5.92. The highest BCUT2D eigenvalue weighted by atomic mass is 16.1. The van der Waals surface area contributed by atoms with Crippen LogP contribution in [-0.2, 0) is 9.59 Å². The Morgan fingerprint density at radius 2 is 1.76 bits per heavy atom. The minimum Gasteiger partial charge on any atom is -0.299 e. The van der Waals surface area contributed by atoms with Crippen molar-refractivity contribution in [2.45, 2.75) is 65.2 Å². The van der Waals surface area contributed by atoms with Gasteiger partial charge in [0.1, 0.15) is 11.6 Å². The van der Waals surface area contributed by atoms with Gasteiger partial charge in [-0.25, -0.2) is 0 Å². The number of hydrogen-bond donors (Lipinski definition) is 0. The maximum absolute atomic E-state index is 13.0. The van der Waals surface area contributed by atoms with Crippen LogP contribution in [0.3, 0.4) is 0 Å². The van der Waals surface area contributed by atoms with E-state index in [0.29, 0.717) is 29.3 Å². The molecule has 5 rings (SSSR count). The molecule has 5 aliphatic rings. The molecule has 0 heterocycles. The predicted molar refractivity (Wildman–Crippen MR) is 79.6 cm³/mol. The van der Waals surface area contributed by atoms with Crippen molar-refractivity contribution in [3.63, 3.8) is 0 Å². The minimum absolute atomic E-state index is 0.0878. The summed E-state index contributed by atoms with van der Waals surface area (Å²) in [7, 11) is 0. The quantitative estimate of drug-likeness (QED) is 0.679. The van der Waals surface area contributed by atoms with Crippen LogP contribution in [0.1, 0.15) is 65.2 Å². The molecule has 0 amide bonds. The van der Waals surface area contributed by atoms with E-state index in [1.165, 1.54) is 25.7 Å². The van der Waals surface area contributed by atoms with Crippen molar-refractivity contribution < 1.29 is 9.59 Å². The lowest BCUT2D eigenvalue weighted by Crippen LogP contribution is -2.55. The third kappa shape index (κ3) is 1.18. The molecular weight excluding hydrogens is 260 g/mol. The fraction of sp³-hybridized carbons (Fsp3) is 0.895. The van der Waals surface area contributed by atoms with Gasteiger partial charge in [-0.15, -0.1) is 0 Å². The van der Waals surface area contributed by atoms with Gasteiger partial charge in [-0.2, -0.15) is 0 Å². The Bertz CT molecular complexity index is 566. The largest absolute Gasteiger partial charge is 0.299 e. The van der Waals surface area contributed by atoms with Gasteiger partial charge in [0.15, 0.2) is 0 Å². The van der Waals surface area contributed by atoms with Gasteiger partial charge in [0, 0.05) is 23.7 Å².